The number of aromatic amines is 1. The van der Waals surface area contributed by atoms with Crippen LogP contribution in [-0.4, -0.2) is 47.1 Å². The van der Waals surface area contributed by atoms with Crippen molar-refractivity contribution in [2.24, 2.45) is 5.92 Å². The number of thioether (sulfide) groups is 1. The maximum Gasteiger partial charge on any atom is 0.338 e. The molecule has 12 heteroatoms. The highest BCUT2D eigenvalue weighted by Gasteiger charge is 2.56. The summed E-state index contributed by atoms with van der Waals surface area (Å²) in [4.78, 5) is 69.5. The second-order valence-corrected chi connectivity index (χ2v) is 12.4. The molecule has 2 aliphatic heterocycles. The van der Waals surface area contributed by atoms with Crippen molar-refractivity contribution in [3.8, 4) is 5.75 Å². The van der Waals surface area contributed by atoms with Crippen LogP contribution in [0.4, 0.5) is 11.4 Å². The van der Waals surface area contributed by atoms with Crippen LogP contribution in [0.25, 0.3) is 0 Å². The van der Waals surface area contributed by atoms with Gasteiger partial charge in [0.2, 0.25) is 11.8 Å². The number of H-pyrrole nitrogens is 1. The van der Waals surface area contributed by atoms with Crippen molar-refractivity contribution in [1.29, 1.82) is 0 Å². The summed E-state index contributed by atoms with van der Waals surface area (Å²) >= 11 is 2.15. The van der Waals surface area contributed by atoms with Crippen LogP contribution in [0.15, 0.2) is 82.6 Å². The lowest BCUT2D eigenvalue weighted by Gasteiger charge is -2.30. The maximum absolute atomic E-state index is 14.1. The number of aryl methyl sites for hydroxylation is 1. The number of benzene rings is 3. The van der Waals surface area contributed by atoms with Crippen LogP contribution in [0.1, 0.15) is 39.2 Å². The van der Waals surface area contributed by atoms with E-state index in [2.05, 4.69) is 10.3 Å². The van der Waals surface area contributed by atoms with E-state index in [0.29, 0.717) is 38.2 Å². The molecule has 0 bridgehead atoms. The molecule has 1 aromatic heterocycles. The SMILES string of the molecule is CCOC(=O)c1ccc(N2C(=O)[C@H]3[C@H](c4ccccc4OCC(=O)Nc4cccc(C)c4)c4sc(=O)[nH]c4S[C@H]3C2=O)cc1. The van der Waals surface area contributed by atoms with E-state index in [9.17, 15) is 24.0 Å². The zero-order valence-corrected chi connectivity index (χ0v) is 25.3. The van der Waals surface area contributed by atoms with E-state index < -0.39 is 34.9 Å². The minimum atomic E-state index is -0.845. The second-order valence-electron chi connectivity index (χ2n) is 10.3. The molecule has 3 atom stereocenters. The van der Waals surface area contributed by atoms with Crippen LogP contribution in [-0.2, 0) is 19.1 Å². The van der Waals surface area contributed by atoms with Crippen LogP contribution < -0.4 is 19.8 Å². The molecule has 1 fully saturated rings. The average molecular weight is 630 g/mol. The fraction of sp³-hybridized carbons (Fsp3) is 0.219. The maximum atomic E-state index is 14.1. The van der Waals surface area contributed by atoms with Gasteiger partial charge >= 0.3 is 10.8 Å². The number of imide groups is 1. The Morgan fingerprint density at radius 3 is 2.50 bits per heavy atom. The summed E-state index contributed by atoms with van der Waals surface area (Å²) in [7, 11) is 0. The van der Waals surface area contributed by atoms with E-state index >= 15 is 0 Å². The largest absolute Gasteiger partial charge is 0.483 e. The summed E-state index contributed by atoms with van der Waals surface area (Å²) in [5.74, 6) is -2.88. The second kappa shape index (κ2) is 12.1. The Hall–Kier alpha value is -4.68. The van der Waals surface area contributed by atoms with Crippen LogP contribution >= 0.6 is 23.1 Å². The molecular formula is C32H27N3O7S2. The lowest BCUT2D eigenvalue weighted by Crippen LogP contribution is -2.32. The number of aromatic nitrogens is 1. The number of nitrogens with zero attached hydrogens (tertiary/aromatic N) is 1. The lowest BCUT2D eigenvalue weighted by atomic mass is 9.82. The van der Waals surface area contributed by atoms with Gasteiger partial charge in [0, 0.05) is 22.0 Å². The van der Waals surface area contributed by atoms with Crippen LogP contribution in [0.3, 0.4) is 0 Å². The first-order valence-corrected chi connectivity index (χ1v) is 15.6. The number of ether oxygens (including phenoxy) is 2. The van der Waals surface area contributed by atoms with Crippen molar-refractivity contribution in [3.05, 3.63) is 104 Å². The van der Waals surface area contributed by atoms with Crippen molar-refractivity contribution >= 4 is 58.2 Å². The molecule has 44 heavy (non-hydrogen) atoms. The van der Waals surface area contributed by atoms with Gasteiger partial charge in [-0.3, -0.25) is 19.2 Å². The molecule has 1 saturated heterocycles. The van der Waals surface area contributed by atoms with Gasteiger partial charge in [0.1, 0.15) is 11.0 Å². The van der Waals surface area contributed by atoms with Crippen molar-refractivity contribution < 1.29 is 28.7 Å². The Morgan fingerprint density at radius 2 is 1.75 bits per heavy atom. The van der Waals surface area contributed by atoms with E-state index in [0.717, 1.165) is 33.6 Å². The number of para-hydroxylation sites is 1. The molecule has 224 valence electrons. The standard InChI is InChI=1S/C32H27N3O7S2/c1-3-41-31(39)18-11-13-20(14-12-18)35-29(37)25-24(26-28(34-32(40)44-26)43-27(25)30(35)38)21-9-4-5-10-22(21)42-16-23(36)33-19-8-6-7-17(2)15-19/h4-15,24-25,27H,3,16H2,1-2H3,(H,33,36)(H,34,40)/t24-,25-,27+/m0/s1. The van der Waals surface area contributed by atoms with Gasteiger partial charge in [0.15, 0.2) is 6.61 Å². The number of fused-ring (bicyclic) bond motifs is 2. The molecular weight excluding hydrogens is 603 g/mol. The Bertz CT molecular complexity index is 1830. The van der Waals surface area contributed by atoms with Gasteiger partial charge in [-0.25, -0.2) is 9.69 Å². The molecule has 0 radical (unpaired) electrons. The highest BCUT2D eigenvalue weighted by atomic mass is 32.2. The number of rotatable bonds is 8. The van der Waals surface area contributed by atoms with Crippen molar-refractivity contribution in [3.63, 3.8) is 0 Å². The Kier molecular flexibility index (Phi) is 8.11. The summed E-state index contributed by atoms with van der Waals surface area (Å²) in [6.45, 7) is 3.57. The molecule has 0 spiro atoms. The number of esters is 1. The Balaban J connectivity index is 1.31. The average Bonchev–Trinajstić information content (AvgIpc) is 3.50. The Labute approximate surface area is 260 Å². The van der Waals surface area contributed by atoms with Crippen molar-refractivity contribution in [1.82, 2.24) is 4.98 Å². The van der Waals surface area contributed by atoms with E-state index in [1.165, 1.54) is 12.1 Å². The number of carbonyl (C=O) groups excluding carboxylic acids is 4. The summed E-state index contributed by atoms with van der Waals surface area (Å²) in [5.41, 5.74) is 2.86. The monoisotopic (exact) mass is 629 g/mol. The number of hydrogen-bond donors (Lipinski definition) is 2. The lowest BCUT2D eigenvalue weighted by molar-refractivity contribution is -0.122. The van der Waals surface area contributed by atoms with Gasteiger partial charge in [-0.1, -0.05) is 53.4 Å². The van der Waals surface area contributed by atoms with Crippen LogP contribution in [0.5, 0.6) is 5.75 Å². The highest BCUT2D eigenvalue weighted by molar-refractivity contribution is 8.00. The number of thiazole rings is 1. The Morgan fingerprint density at radius 1 is 0.977 bits per heavy atom. The summed E-state index contributed by atoms with van der Waals surface area (Å²) in [6, 6.07) is 20.5. The van der Waals surface area contributed by atoms with Crippen LogP contribution in [0, 0.1) is 12.8 Å². The van der Waals surface area contributed by atoms with Gasteiger partial charge < -0.3 is 19.8 Å². The molecule has 3 heterocycles. The third kappa shape index (κ3) is 5.53. The molecule has 0 aliphatic carbocycles. The minimum Gasteiger partial charge on any atom is -0.483 e. The van der Waals surface area contributed by atoms with E-state index in [-0.39, 0.29) is 24.0 Å². The smallest absolute Gasteiger partial charge is 0.338 e. The molecule has 3 amide bonds. The van der Waals surface area contributed by atoms with Crippen molar-refractivity contribution in [2.75, 3.05) is 23.4 Å². The molecule has 0 saturated carbocycles. The van der Waals surface area contributed by atoms with E-state index in [1.807, 2.05) is 25.1 Å². The summed E-state index contributed by atoms with van der Waals surface area (Å²) in [6.07, 6.45) is 0. The van der Waals surface area contributed by atoms with Crippen molar-refractivity contribution in [2.45, 2.75) is 30.0 Å². The summed E-state index contributed by atoms with van der Waals surface area (Å²) in [5, 5.41) is 2.53. The van der Waals surface area contributed by atoms with Crippen LogP contribution in [0.2, 0.25) is 0 Å². The zero-order chi connectivity index (χ0) is 31.0. The topological polar surface area (TPSA) is 135 Å². The van der Waals surface area contributed by atoms with Gasteiger partial charge in [0.05, 0.1) is 28.8 Å². The minimum absolute atomic E-state index is 0.223. The molecule has 3 aromatic carbocycles. The fourth-order valence-electron chi connectivity index (χ4n) is 5.50. The highest BCUT2D eigenvalue weighted by Crippen LogP contribution is 2.54. The molecule has 6 rings (SSSR count). The molecule has 10 nitrogen and oxygen atoms in total. The van der Waals surface area contributed by atoms with E-state index in [4.69, 9.17) is 9.47 Å². The number of nitrogens with one attached hydrogen (secondary N) is 2. The van der Waals surface area contributed by atoms with Gasteiger partial charge in [0.25, 0.3) is 5.91 Å². The van der Waals surface area contributed by atoms with Gasteiger partial charge in [-0.15, -0.1) is 0 Å². The van der Waals surface area contributed by atoms with Gasteiger partial charge in [-0.2, -0.15) is 0 Å². The molecule has 0 unspecified atom stereocenters. The third-order valence-electron chi connectivity index (χ3n) is 7.38. The number of hydrogen-bond acceptors (Lipinski definition) is 9. The zero-order valence-electron chi connectivity index (χ0n) is 23.7. The first kappa shape index (κ1) is 29.4. The number of anilines is 2. The number of carbonyl (C=O) groups is 4. The normalized spacial score (nSPS) is 18.9. The fourth-order valence-corrected chi connectivity index (χ4v) is 8.01. The predicted molar refractivity (Wildman–Crippen MR) is 167 cm³/mol. The molecule has 2 aliphatic rings. The molecule has 4 aromatic rings. The van der Waals surface area contributed by atoms with E-state index in [1.54, 1.807) is 49.4 Å². The van der Waals surface area contributed by atoms with Gasteiger partial charge in [-0.05, 0) is 61.9 Å². The quantitative estimate of drug-likeness (QED) is 0.211. The predicted octanol–water partition coefficient (Wildman–Crippen LogP) is 4.73. The molecule has 2 N–H and O–H groups in total. The summed E-state index contributed by atoms with van der Waals surface area (Å²) < 4.78 is 11.0. The first-order chi connectivity index (χ1) is 21.2. The first-order valence-electron chi connectivity index (χ1n) is 13.9. The number of amides is 3. The third-order valence-corrected chi connectivity index (χ3v) is 9.78.